The summed E-state index contributed by atoms with van der Waals surface area (Å²) in [6.45, 7) is -2.08. The van der Waals surface area contributed by atoms with Gasteiger partial charge < -0.3 is 55.0 Å². The number of anilines is 1. The number of rotatable bonds is 13. The predicted octanol–water partition coefficient (Wildman–Crippen LogP) is -3.08. The van der Waals surface area contributed by atoms with Crippen LogP contribution in [0.2, 0.25) is 0 Å². The molecule has 23 heteroatoms. The van der Waals surface area contributed by atoms with Gasteiger partial charge in [-0.25, -0.2) is 18.5 Å². The molecule has 1 aliphatic rings. The normalized spacial score (nSPS) is 26.9. The Kier molecular flexibility index (Phi) is 10.3. The molecule has 0 spiro atoms. The number of aliphatic hydroxyl groups is 3. The minimum absolute atomic E-state index is 0.173. The maximum Gasteiger partial charge on any atom is 0.481 e. The number of hydrogen-bond donors (Lipinski definition) is 9. The van der Waals surface area contributed by atoms with Crippen molar-refractivity contribution in [3.63, 3.8) is 0 Å². The van der Waals surface area contributed by atoms with Gasteiger partial charge in [-0.15, -0.1) is 0 Å². The number of phosphoric ester groups is 2. The molecule has 1 aromatic rings. The molecule has 2 heterocycles. The number of aliphatic hydroxyl groups excluding tert-OH is 3. The third-order valence-corrected chi connectivity index (χ3v) is 7.65. The van der Waals surface area contributed by atoms with E-state index in [0.29, 0.717) is 0 Å². The molecule has 1 fully saturated rings. The first-order valence-electron chi connectivity index (χ1n) is 9.86. The van der Waals surface area contributed by atoms with E-state index in [9.17, 15) is 38.7 Å². The molecular formula is C14H26N3O17P3. The van der Waals surface area contributed by atoms with Crippen LogP contribution in [0.1, 0.15) is 13.2 Å². The van der Waals surface area contributed by atoms with Crippen LogP contribution in [-0.4, -0.2) is 99.2 Å². The lowest BCUT2D eigenvalue weighted by Crippen LogP contribution is -2.49. The van der Waals surface area contributed by atoms with Crippen molar-refractivity contribution in [2.24, 2.45) is 0 Å². The van der Waals surface area contributed by atoms with E-state index >= 15 is 0 Å². The number of nitrogens with zero attached hydrogens (tertiary/aromatic N) is 2. The molecule has 2 unspecified atom stereocenters. The van der Waals surface area contributed by atoms with Crippen molar-refractivity contribution in [2.75, 3.05) is 25.6 Å². The number of nitrogens with two attached hydrogens (primary N) is 1. The van der Waals surface area contributed by atoms with E-state index in [1.54, 1.807) is 0 Å². The van der Waals surface area contributed by atoms with Gasteiger partial charge in [0.25, 0.3) is 0 Å². The van der Waals surface area contributed by atoms with E-state index in [2.05, 4.69) is 18.3 Å². The van der Waals surface area contributed by atoms with Gasteiger partial charge in [0.15, 0.2) is 6.23 Å². The number of nitrogen functional groups attached to an aromatic ring is 1. The number of ether oxygens (including phenoxy) is 2. The highest BCUT2D eigenvalue weighted by molar-refractivity contribution is 7.60. The lowest BCUT2D eigenvalue weighted by atomic mass is 10.0. The molecular weight excluding hydrogens is 575 g/mol. The quantitative estimate of drug-likeness (QED) is 0.101. The smallest absolute Gasteiger partial charge is 0.393 e. The lowest BCUT2D eigenvalue weighted by Gasteiger charge is -2.33. The first-order valence-corrected chi connectivity index (χ1v) is 14.4. The first-order chi connectivity index (χ1) is 16.8. The van der Waals surface area contributed by atoms with Crippen molar-refractivity contribution < 1.29 is 76.3 Å². The molecule has 1 aromatic heterocycles. The Labute approximate surface area is 207 Å². The van der Waals surface area contributed by atoms with Crippen LogP contribution in [0.15, 0.2) is 17.1 Å². The Balaban J connectivity index is 2.27. The molecule has 0 aromatic carbocycles. The van der Waals surface area contributed by atoms with Gasteiger partial charge in [0.1, 0.15) is 35.8 Å². The lowest BCUT2D eigenvalue weighted by molar-refractivity contribution is -0.138. The highest BCUT2D eigenvalue weighted by Crippen LogP contribution is 2.57. The number of aromatic nitrogens is 2. The minimum atomic E-state index is -5.47. The summed E-state index contributed by atoms with van der Waals surface area (Å²) in [5.74, 6) is -0.173. The minimum Gasteiger partial charge on any atom is -0.393 e. The Morgan fingerprint density at radius 3 is 2.35 bits per heavy atom. The van der Waals surface area contributed by atoms with Crippen molar-refractivity contribution >= 4 is 29.3 Å². The number of phosphoric acid groups is 3. The van der Waals surface area contributed by atoms with E-state index in [1.807, 2.05) is 0 Å². The molecule has 1 aliphatic heterocycles. The topological polar surface area (TPSA) is 320 Å². The maximum atomic E-state index is 12.2. The second kappa shape index (κ2) is 11.9. The van der Waals surface area contributed by atoms with Crippen molar-refractivity contribution in [3.05, 3.63) is 22.7 Å². The SMILES string of the molecule is C[C@@](CO)(OP(=O)(O)O)[C@H](O)COC1[C@@H](O)[C@H](n2ccc(N)nc2=O)O[C@@H]1COP(=O)(O)OP(=O)(O)O. The summed E-state index contributed by atoms with van der Waals surface area (Å²) in [6.07, 6.45) is -7.46. The summed E-state index contributed by atoms with van der Waals surface area (Å²) in [6, 6.07) is 1.17. The van der Waals surface area contributed by atoms with Crippen LogP contribution in [0.3, 0.4) is 0 Å². The monoisotopic (exact) mass is 601 g/mol. The standard InChI is InChI=1S/C14H26N3O17P3/c1-14(6-18,33-35(22,23)24)8(19)5-30-11-7(4-31-37(28,29)34-36(25,26)27)32-12(10(11)20)17-3-2-9(15)16-13(17)21/h2-3,7-8,10-12,18-20H,4-6H2,1H3,(H,28,29)(H2,15,16,21)(H2,22,23,24)(H2,25,26,27)/t7-,8-,10-,11?,12-,14+/m1/s1. The largest absolute Gasteiger partial charge is 0.481 e. The Bertz CT molecular complexity index is 1140. The summed E-state index contributed by atoms with van der Waals surface area (Å²) in [7, 11) is -16.1. The zero-order valence-corrected chi connectivity index (χ0v) is 21.4. The van der Waals surface area contributed by atoms with Crippen molar-refractivity contribution in [3.8, 4) is 0 Å². The molecule has 37 heavy (non-hydrogen) atoms. The molecule has 10 N–H and O–H groups in total. The fourth-order valence-corrected chi connectivity index (χ4v) is 5.40. The fourth-order valence-electron chi connectivity index (χ4n) is 3.08. The van der Waals surface area contributed by atoms with E-state index in [0.717, 1.165) is 17.7 Å². The molecule has 1 saturated heterocycles. The van der Waals surface area contributed by atoms with Gasteiger partial charge in [0.05, 0.1) is 19.8 Å². The second-order valence-electron chi connectivity index (χ2n) is 7.80. The maximum absolute atomic E-state index is 12.2. The fraction of sp³-hybridized carbons (Fsp3) is 0.714. The summed E-state index contributed by atoms with van der Waals surface area (Å²) >= 11 is 0. The van der Waals surface area contributed by atoms with Gasteiger partial charge in [-0.2, -0.15) is 9.29 Å². The zero-order valence-electron chi connectivity index (χ0n) is 18.7. The predicted molar refractivity (Wildman–Crippen MR) is 116 cm³/mol. The molecule has 2 rings (SSSR count). The molecule has 20 nitrogen and oxygen atoms in total. The van der Waals surface area contributed by atoms with Crippen molar-refractivity contribution in [2.45, 2.75) is 43.2 Å². The van der Waals surface area contributed by atoms with Crippen LogP contribution in [0.5, 0.6) is 0 Å². The van der Waals surface area contributed by atoms with E-state index in [1.165, 1.54) is 6.07 Å². The average Bonchev–Trinajstić information content (AvgIpc) is 3.02. The van der Waals surface area contributed by atoms with Crippen LogP contribution in [0.4, 0.5) is 5.82 Å². The summed E-state index contributed by atoms with van der Waals surface area (Å²) in [4.78, 5) is 60.6. The Hall–Kier alpha value is -1.15. The van der Waals surface area contributed by atoms with Gasteiger partial charge in [-0.3, -0.25) is 13.6 Å². The molecule has 0 radical (unpaired) electrons. The molecule has 0 aliphatic carbocycles. The third kappa shape index (κ3) is 9.22. The van der Waals surface area contributed by atoms with E-state index in [4.69, 9.17) is 34.8 Å². The Morgan fingerprint density at radius 1 is 1.22 bits per heavy atom. The van der Waals surface area contributed by atoms with Gasteiger partial charge in [-0.1, -0.05) is 0 Å². The first kappa shape index (κ1) is 32.1. The van der Waals surface area contributed by atoms with Crippen LogP contribution in [0.25, 0.3) is 0 Å². The summed E-state index contributed by atoms with van der Waals surface area (Å²) in [5, 5.41) is 30.5. The summed E-state index contributed by atoms with van der Waals surface area (Å²) < 4.78 is 58.0. The highest BCUT2D eigenvalue weighted by Gasteiger charge is 2.49. The zero-order chi connectivity index (χ0) is 28.4. The Morgan fingerprint density at radius 2 is 1.84 bits per heavy atom. The molecule has 214 valence electrons. The molecule has 7 atom stereocenters. The molecule has 0 bridgehead atoms. The van der Waals surface area contributed by atoms with Crippen LogP contribution in [-0.2, 0) is 36.5 Å². The van der Waals surface area contributed by atoms with E-state index < -0.39 is 85.2 Å². The second-order valence-corrected chi connectivity index (χ2v) is 11.8. The van der Waals surface area contributed by atoms with Crippen LogP contribution in [0, 0.1) is 0 Å². The number of hydrogen-bond acceptors (Lipinski definition) is 14. The van der Waals surface area contributed by atoms with E-state index in [-0.39, 0.29) is 5.82 Å². The molecule has 0 saturated carbocycles. The van der Waals surface area contributed by atoms with Crippen LogP contribution < -0.4 is 11.4 Å². The van der Waals surface area contributed by atoms with Gasteiger partial charge in [0.2, 0.25) is 0 Å². The third-order valence-electron chi connectivity index (χ3n) is 4.84. The van der Waals surface area contributed by atoms with Gasteiger partial charge >= 0.3 is 29.2 Å². The van der Waals surface area contributed by atoms with Crippen molar-refractivity contribution in [1.82, 2.24) is 9.55 Å². The average molecular weight is 601 g/mol. The van der Waals surface area contributed by atoms with Crippen LogP contribution >= 0.6 is 23.5 Å². The van der Waals surface area contributed by atoms with Crippen molar-refractivity contribution in [1.29, 1.82) is 0 Å². The molecule has 0 amide bonds. The highest BCUT2D eigenvalue weighted by atomic mass is 31.3. The van der Waals surface area contributed by atoms with Gasteiger partial charge in [0, 0.05) is 6.20 Å². The summed E-state index contributed by atoms with van der Waals surface area (Å²) in [5.41, 5.74) is 2.16. The van der Waals surface area contributed by atoms with Gasteiger partial charge in [-0.05, 0) is 13.0 Å².